The van der Waals surface area contributed by atoms with Crippen LogP contribution in [0.15, 0.2) is 53.4 Å². The molecule has 0 aliphatic heterocycles. The fraction of sp³-hybridized carbons (Fsp3) is 0. The van der Waals surface area contributed by atoms with E-state index in [-0.39, 0.29) is 0 Å². The summed E-state index contributed by atoms with van der Waals surface area (Å²) >= 11 is 11.7. The Morgan fingerprint density at radius 1 is 1.00 bits per heavy atom. The largest absolute Gasteiger partial charge is 0.414 e. The van der Waals surface area contributed by atoms with Crippen molar-refractivity contribution in [2.75, 3.05) is 5.73 Å². The molecule has 18 heavy (non-hydrogen) atoms. The zero-order valence-electron chi connectivity index (χ0n) is 9.55. The van der Waals surface area contributed by atoms with Gasteiger partial charge >= 0.3 is 6.26 Å². The lowest BCUT2D eigenvalue weighted by Gasteiger charge is -2.11. The quantitative estimate of drug-likeness (QED) is 0.522. The minimum absolute atomic E-state index is 0.515. The molecular weight excluding hydrogens is 266 g/mol. The molecule has 0 aliphatic carbocycles. The number of hydrogen-bond donors (Lipinski definition) is 1. The highest BCUT2D eigenvalue weighted by Crippen LogP contribution is 2.24. The summed E-state index contributed by atoms with van der Waals surface area (Å²) in [5, 5.41) is 0. The lowest BCUT2D eigenvalue weighted by molar-refractivity contribution is 1.63. The number of rotatable bonds is 3. The van der Waals surface area contributed by atoms with Gasteiger partial charge in [0.05, 0.1) is 5.67 Å². The van der Waals surface area contributed by atoms with Crippen LogP contribution < -0.4 is 11.2 Å². The molecule has 0 aliphatic rings. The zero-order chi connectivity index (χ0) is 13.0. The molecule has 90 valence electrons. The molecule has 2 aromatic rings. The first-order chi connectivity index (χ1) is 8.74. The highest BCUT2D eigenvalue weighted by molar-refractivity contribution is 7.14. The molecule has 0 radical (unpaired) electrons. The predicted molar refractivity (Wildman–Crippen MR) is 81.9 cm³/mol. The molecule has 0 saturated carbocycles. The third-order valence-corrected chi connectivity index (χ3v) is 3.12. The van der Waals surface area contributed by atoms with E-state index in [4.69, 9.17) is 28.8 Å². The molecule has 0 saturated heterocycles. The summed E-state index contributed by atoms with van der Waals surface area (Å²) in [5.74, 6) is 0. The summed E-state index contributed by atoms with van der Waals surface area (Å²) in [6, 6.07) is 15.4. The van der Waals surface area contributed by atoms with Crippen molar-refractivity contribution in [3.05, 3.63) is 48.5 Å². The Bertz CT molecular complexity index is 572. The van der Waals surface area contributed by atoms with Gasteiger partial charge in [-0.1, -0.05) is 54.1 Å². The number of nitrogen functional groups attached to an aromatic ring is 1. The third kappa shape index (κ3) is 2.69. The van der Waals surface area contributed by atoms with Crippen molar-refractivity contribution in [1.82, 2.24) is 0 Å². The van der Waals surface area contributed by atoms with E-state index in [9.17, 15) is 0 Å². The summed E-state index contributed by atoms with van der Waals surface area (Å²) in [6.45, 7) is 0. The molecule has 0 aromatic heterocycles. The predicted octanol–water partition coefficient (Wildman–Crippen LogP) is 3.14. The van der Waals surface area contributed by atoms with Gasteiger partial charge in [-0.25, -0.2) is 0 Å². The van der Waals surface area contributed by atoms with E-state index in [0.717, 1.165) is 16.6 Å². The van der Waals surface area contributed by atoms with Gasteiger partial charge in [-0.05, 0) is 17.1 Å². The minimum Gasteiger partial charge on any atom is -0.398 e. The Hall–Kier alpha value is -1.45. The van der Waals surface area contributed by atoms with E-state index in [0.29, 0.717) is 5.69 Å². The molecule has 0 atom stereocenters. The Morgan fingerprint density at radius 3 is 2.28 bits per heavy atom. The average molecular weight is 277 g/mol. The summed E-state index contributed by atoms with van der Waals surface area (Å²) in [5.41, 5.74) is 10.7. The van der Waals surface area contributed by atoms with Gasteiger partial charge < -0.3 is 10.6 Å². The second kappa shape index (κ2) is 5.94. The highest BCUT2D eigenvalue weighted by atomic mass is 35.5. The molecule has 2 rings (SSSR count). The number of anilines is 1. The molecule has 0 bridgehead atoms. The smallest absolute Gasteiger partial charge is 0.398 e. The molecule has 2 N–H and O–H groups in total. The van der Waals surface area contributed by atoms with E-state index in [1.807, 2.05) is 48.5 Å². The monoisotopic (exact) mass is 276 g/mol. The van der Waals surface area contributed by atoms with Crippen molar-refractivity contribution in [3.8, 4) is 11.1 Å². The van der Waals surface area contributed by atoms with Crippen LogP contribution >= 0.6 is 23.1 Å². The van der Waals surface area contributed by atoms with Crippen molar-refractivity contribution < 1.29 is 0 Å². The lowest BCUT2D eigenvalue weighted by atomic mass is 9.77. The molecule has 0 fully saturated rings. The lowest BCUT2D eigenvalue weighted by Crippen LogP contribution is -2.24. The number of benzene rings is 2. The summed E-state index contributed by atoms with van der Waals surface area (Å²) in [6.07, 6.45) is -0.515. The van der Waals surface area contributed by atoms with Gasteiger partial charge in [0.25, 0.3) is 0 Å². The van der Waals surface area contributed by atoms with Crippen molar-refractivity contribution in [1.29, 1.82) is 0 Å². The molecule has 0 amide bonds. The number of halogens is 2. The second-order valence-electron chi connectivity index (χ2n) is 3.76. The van der Waals surface area contributed by atoms with Gasteiger partial charge in [0.1, 0.15) is 0 Å². The van der Waals surface area contributed by atoms with Gasteiger partial charge in [-0.3, -0.25) is 0 Å². The molecule has 2 nitrogen and oxygen atoms in total. The average Bonchev–Trinajstić information content (AvgIpc) is 2.40. The van der Waals surface area contributed by atoms with Gasteiger partial charge in [-0.15, -0.1) is 0 Å². The van der Waals surface area contributed by atoms with Gasteiger partial charge in [0.15, 0.2) is 0 Å². The van der Waals surface area contributed by atoms with Gasteiger partial charge in [0, 0.05) is 11.3 Å². The minimum atomic E-state index is -0.515. The Labute approximate surface area is 116 Å². The maximum Gasteiger partial charge on any atom is 0.414 e. The van der Waals surface area contributed by atoms with E-state index < -0.39 is 6.26 Å². The first-order valence-electron chi connectivity index (χ1n) is 5.43. The van der Waals surface area contributed by atoms with E-state index in [1.54, 1.807) is 0 Å². The van der Waals surface area contributed by atoms with Crippen LogP contribution in [0.25, 0.3) is 11.1 Å². The third-order valence-electron chi connectivity index (χ3n) is 2.66. The van der Waals surface area contributed by atoms with Crippen molar-refractivity contribution in [2.24, 2.45) is 4.90 Å². The van der Waals surface area contributed by atoms with Crippen LogP contribution in [0, 0.1) is 0 Å². The Balaban J connectivity index is 2.55. The van der Waals surface area contributed by atoms with Crippen molar-refractivity contribution in [3.63, 3.8) is 0 Å². The van der Waals surface area contributed by atoms with Crippen LogP contribution in [0.2, 0.25) is 0 Å². The van der Waals surface area contributed by atoms with Crippen LogP contribution in [-0.4, -0.2) is 11.9 Å². The molecule has 0 spiro atoms. The van der Waals surface area contributed by atoms with E-state index in [2.05, 4.69) is 4.90 Å². The molecular formula is C13H11BCl2N2. The van der Waals surface area contributed by atoms with Crippen molar-refractivity contribution >= 4 is 46.1 Å². The highest BCUT2D eigenvalue weighted by Gasteiger charge is 2.17. The fourth-order valence-electron chi connectivity index (χ4n) is 1.82. The van der Waals surface area contributed by atoms with Gasteiger partial charge in [0.2, 0.25) is 0 Å². The standard InChI is InChI=1S/C13H11BCl2N2/c15-9-18-14(16)12-7-3-1-5-10(12)11-6-2-4-8-13(11)17/h1-9H,17H2. The molecule has 0 unspecified atom stereocenters. The number of para-hydroxylation sites is 1. The van der Waals surface area contributed by atoms with Crippen LogP contribution in [0.5, 0.6) is 0 Å². The summed E-state index contributed by atoms with van der Waals surface area (Å²) in [4.78, 5) is 3.98. The zero-order valence-corrected chi connectivity index (χ0v) is 11.1. The first kappa shape index (κ1) is 13.0. The van der Waals surface area contributed by atoms with Gasteiger partial charge in [-0.2, -0.15) is 11.5 Å². The molecule has 2 aromatic carbocycles. The van der Waals surface area contributed by atoms with Crippen LogP contribution in [0.4, 0.5) is 5.69 Å². The summed E-state index contributed by atoms with van der Waals surface area (Å²) < 4.78 is 0. The van der Waals surface area contributed by atoms with E-state index in [1.165, 1.54) is 5.67 Å². The Morgan fingerprint density at radius 2 is 1.61 bits per heavy atom. The normalized spacial score (nSPS) is 10.8. The van der Waals surface area contributed by atoms with Crippen molar-refractivity contribution in [2.45, 2.75) is 0 Å². The SMILES string of the molecule is Nc1ccccc1-c1ccccc1B(Cl)N=CCl. The Kier molecular flexibility index (Phi) is 4.29. The maximum absolute atomic E-state index is 6.19. The van der Waals surface area contributed by atoms with E-state index >= 15 is 0 Å². The maximum atomic E-state index is 6.19. The van der Waals surface area contributed by atoms with Crippen LogP contribution in [0.3, 0.4) is 0 Å². The topological polar surface area (TPSA) is 38.4 Å². The summed E-state index contributed by atoms with van der Waals surface area (Å²) in [7, 11) is 0. The molecule has 0 heterocycles. The molecule has 5 heteroatoms. The first-order valence-corrected chi connectivity index (χ1v) is 6.31. The van der Waals surface area contributed by atoms with Crippen LogP contribution in [0.1, 0.15) is 0 Å². The number of nitrogens with two attached hydrogens (primary N) is 1. The van der Waals surface area contributed by atoms with Crippen LogP contribution in [-0.2, 0) is 0 Å². The fourth-order valence-corrected chi connectivity index (χ4v) is 2.24. The number of hydrogen-bond acceptors (Lipinski definition) is 2. The second-order valence-corrected chi connectivity index (χ2v) is 4.37. The number of nitrogens with zero attached hydrogens (tertiary/aromatic N) is 1.